The zero-order valence-electron chi connectivity index (χ0n) is 10.7. The van der Waals surface area contributed by atoms with Crippen molar-refractivity contribution in [1.29, 1.82) is 0 Å². The van der Waals surface area contributed by atoms with E-state index in [9.17, 15) is 5.11 Å². The summed E-state index contributed by atoms with van der Waals surface area (Å²) in [5, 5.41) is 12.1. The van der Waals surface area contributed by atoms with E-state index in [2.05, 4.69) is 15.3 Å². The average Bonchev–Trinajstić information content (AvgIpc) is 2.90. The van der Waals surface area contributed by atoms with E-state index in [-0.39, 0.29) is 0 Å². The second-order valence-corrected chi connectivity index (χ2v) is 5.04. The molecule has 0 bridgehead atoms. The summed E-state index contributed by atoms with van der Waals surface area (Å²) in [6.45, 7) is 2.75. The molecule has 0 radical (unpaired) electrons. The molecule has 0 amide bonds. The first kappa shape index (κ1) is 13.1. The molecule has 1 N–H and O–H groups in total. The van der Waals surface area contributed by atoms with Gasteiger partial charge >= 0.3 is 0 Å². The van der Waals surface area contributed by atoms with Gasteiger partial charge < -0.3 is 10.0 Å². The van der Waals surface area contributed by atoms with Gasteiger partial charge in [-0.3, -0.25) is 0 Å². The smallest absolute Gasteiger partial charge is 0.0807 e. The van der Waals surface area contributed by atoms with Crippen molar-refractivity contribution in [2.75, 3.05) is 11.9 Å². The first-order chi connectivity index (χ1) is 8.72. The Morgan fingerprint density at radius 1 is 1.39 bits per heavy atom. The van der Waals surface area contributed by atoms with Gasteiger partial charge in [0.25, 0.3) is 0 Å². The maximum absolute atomic E-state index is 10.0. The molecule has 1 heterocycles. The van der Waals surface area contributed by atoms with Crippen molar-refractivity contribution in [2.24, 2.45) is 0 Å². The van der Waals surface area contributed by atoms with Crippen LogP contribution in [0.1, 0.15) is 30.7 Å². The van der Waals surface area contributed by atoms with Crippen molar-refractivity contribution in [3.8, 4) is 0 Å². The summed E-state index contributed by atoms with van der Waals surface area (Å²) in [6.07, 6.45) is 0.320. The third-order valence-corrected chi connectivity index (χ3v) is 3.61. The van der Waals surface area contributed by atoms with Gasteiger partial charge in [-0.2, -0.15) is 0 Å². The summed E-state index contributed by atoms with van der Waals surface area (Å²) in [6, 6.07) is 7.99. The average molecular weight is 262 g/mol. The van der Waals surface area contributed by atoms with E-state index in [0.717, 1.165) is 29.9 Å². The minimum Gasteiger partial charge on any atom is -0.388 e. The molecule has 2 rings (SSSR count). The predicted octanol–water partition coefficient (Wildman–Crippen LogP) is 3.22. The minimum atomic E-state index is -0.404. The molecule has 0 fully saturated rings. The molecule has 18 heavy (non-hydrogen) atoms. The number of para-hydroxylation sites is 1. The summed E-state index contributed by atoms with van der Waals surface area (Å²) < 4.78 is 0. The van der Waals surface area contributed by atoms with Gasteiger partial charge in [-0.15, -0.1) is 11.3 Å². The Kier molecular flexibility index (Phi) is 4.33. The van der Waals surface area contributed by atoms with Gasteiger partial charge in [0, 0.05) is 23.7 Å². The first-order valence-corrected chi connectivity index (χ1v) is 7.01. The normalized spacial score (nSPS) is 12.4. The van der Waals surface area contributed by atoms with Crippen LogP contribution in [-0.4, -0.2) is 17.1 Å². The standard InChI is InChI=1S/C14H18N2OS/c1-3-14(17)12-6-4-5-7-13(12)16(2)8-11-9-18-10-15-11/h4-7,9-10,14,17H,3,8H2,1-2H3/t14-/m1/s1. The maximum atomic E-state index is 10.0. The molecule has 2 aromatic rings. The van der Waals surface area contributed by atoms with Crippen molar-refractivity contribution in [2.45, 2.75) is 26.0 Å². The lowest BCUT2D eigenvalue weighted by Gasteiger charge is -2.23. The summed E-state index contributed by atoms with van der Waals surface area (Å²) in [7, 11) is 2.03. The molecule has 0 unspecified atom stereocenters. The number of rotatable bonds is 5. The predicted molar refractivity (Wildman–Crippen MR) is 75.9 cm³/mol. The molecule has 0 saturated heterocycles. The van der Waals surface area contributed by atoms with E-state index in [1.807, 2.05) is 43.7 Å². The second-order valence-electron chi connectivity index (χ2n) is 4.32. The van der Waals surface area contributed by atoms with E-state index < -0.39 is 6.10 Å². The molecule has 0 spiro atoms. The zero-order valence-corrected chi connectivity index (χ0v) is 11.5. The maximum Gasteiger partial charge on any atom is 0.0807 e. The monoisotopic (exact) mass is 262 g/mol. The lowest BCUT2D eigenvalue weighted by Crippen LogP contribution is -2.19. The summed E-state index contributed by atoms with van der Waals surface area (Å²) in [4.78, 5) is 6.42. The number of aliphatic hydroxyl groups excluding tert-OH is 1. The highest BCUT2D eigenvalue weighted by Crippen LogP contribution is 2.28. The quantitative estimate of drug-likeness (QED) is 0.898. The Bertz CT molecular complexity index is 484. The van der Waals surface area contributed by atoms with E-state index in [1.165, 1.54) is 0 Å². The highest BCUT2D eigenvalue weighted by atomic mass is 32.1. The molecular weight excluding hydrogens is 244 g/mol. The Morgan fingerprint density at radius 3 is 2.83 bits per heavy atom. The summed E-state index contributed by atoms with van der Waals surface area (Å²) >= 11 is 1.60. The molecule has 3 nitrogen and oxygen atoms in total. The fraction of sp³-hybridized carbons (Fsp3) is 0.357. The van der Waals surface area contributed by atoms with Crippen LogP contribution < -0.4 is 4.90 Å². The molecule has 0 aliphatic carbocycles. The molecule has 1 atom stereocenters. The van der Waals surface area contributed by atoms with Crippen LogP contribution in [0.25, 0.3) is 0 Å². The van der Waals surface area contributed by atoms with Crippen molar-refractivity contribution in [3.05, 3.63) is 46.4 Å². The van der Waals surface area contributed by atoms with E-state index >= 15 is 0 Å². The molecule has 96 valence electrons. The fourth-order valence-electron chi connectivity index (χ4n) is 1.98. The van der Waals surface area contributed by atoms with E-state index in [1.54, 1.807) is 11.3 Å². The number of nitrogens with zero attached hydrogens (tertiary/aromatic N) is 2. The van der Waals surface area contributed by atoms with Gasteiger partial charge in [0.2, 0.25) is 0 Å². The van der Waals surface area contributed by atoms with Crippen LogP contribution in [0, 0.1) is 0 Å². The molecular formula is C14H18N2OS. The Morgan fingerprint density at radius 2 is 2.17 bits per heavy atom. The Hall–Kier alpha value is -1.39. The Balaban J connectivity index is 2.21. The largest absolute Gasteiger partial charge is 0.388 e. The molecule has 0 aliphatic rings. The van der Waals surface area contributed by atoms with Crippen LogP contribution in [0.3, 0.4) is 0 Å². The summed E-state index contributed by atoms with van der Waals surface area (Å²) in [5.41, 5.74) is 4.96. The second kappa shape index (κ2) is 5.98. The van der Waals surface area contributed by atoms with Crippen molar-refractivity contribution in [1.82, 2.24) is 4.98 Å². The topological polar surface area (TPSA) is 36.4 Å². The molecule has 0 saturated carbocycles. The van der Waals surface area contributed by atoms with Gasteiger partial charge in [-0.25, -0.2) is 4.98 Å². The third kappa shape index (κ3) is 2.89. The molecule has 1 aromatic heterocycles. The van der Waals surface area contributed by atoms with Gasteiger partial charge in [0.1, 0.15) is 0 Å². The van der Waals surface area contributed by atoms with Crippen LogP contribution in [0.4, 0.5) is 5.69 Å². The van der Waals surface area contributed by atoms with Crippen LogP contribution in [0.5, 0.6) is 0 Å². The highest BCUT2D eigenvalue weighted by Gasteiger charge is 2.13. The van der Waals surface area contributed by atoms with Crippen LogP contribution in [-0.2, 0) is 6.54 Å². The molecule has 4 heteroatoms. The van der Waals surface area contributed by atoms with Crippen LogP contribution in [0.15, 0.2) is 35.2 Å². The van der Waals surface area contributed by atoms with E-state index in [4.69, 9.17) is 0 Å². The Labute approximate surface area is 112 Å². The first-order valence-electron chi connectivity index (χ1n) is 6.07. The van der Waals surface area contributed by atoms with Crippen LogP contribution in [0.2, 0.25) is 0 Å². The van der Waals surface area contributed by atoms with Gasteiger partial charge in [0.15, 0.2) is 0 Å². The van der Waals surface area contributed by atoms with Gasteiger partial charge in [0.05, 0.1) is 23.9 Å². The number of benzene rings is 1. The van der Waals surface area contributed by atoms with Gasteiger partial charge in [-0.05, 0) is 12.5 Å². The number of aliphatic hydroxyl groups is 1. The third-order valence-electron chi connectivity index (χ3n) is 2.98. The number of hydrogen-bond acceptors (Lipinski definition) is 4. The zero-order chi connectivity index (χ0) is 13.0. The van der Waals surface area contributed by atoms with Gasteiger partial charge in [-0.1, -0.05) is 25.1 Å². The van der Waals surface area contributed by atoms with Crippen molar-refractivity contribution < 1.29 is 5.11 Å². The molecule has 0 aliphatic heterocycles. The van der Waals surface area contributed by atoms with Crippen LogP contribution >= 0.6 is 11.3 Å². The van der Waals surface area contributed by atoms with E-state index in [0.29, 0.717) is 0 Å². The molecule has 1 aromatic carbocycles. The number of hydrogen-bond donors (Lipinski definition) is 1. The lowest BCUT2D eigenvalue weighted by molar-refractivity contribution is 0.174. The minimum absolute atomic E-state index is 0.404. The SMILES string of the molecule is CC[C@@H](O)c1ccccc1N(C)Cc1cscn1. The van der Waals surface area contributed by atoms with Crippen molar-refractivity contribution >= 4 is 17.0 Å². The van der Waals surface area contributed by atoms with Crippen molar-refractivity contribution in [3.63, 3.8) is 0 Å². The number of aromatic nitrogens is 1. The lowest BCUT2D eigenvalue weighted by atomic mass is 10.0. The highest BCUT2D eigenvalue weighted by molar-refractivity contribution is 7.07. The summed E-state index contributed by atoms with van der Waals surface area (Å²) in [5.74, 6) is 0. The fourth-order valence-corrected chi connectivity index (χ4v) is 2.53. The number of thiazole rings is 1. The number of anilines is 1.